The van der Waals surface area contributed by atoms with Crippen LogP contribution in [0.4, 0.5) is 11.4 Å². The van der Waals surface area contributed by atoms with E-state index in [9.17, 15) is 4.79 Å². The summed E-state index contributed by atoms with van der Waals surface area (Å²) in [6.45, 7) is 3.18. The molecule has 1 heterocycles. The Morgan fingerprint density at radius 2 is 1.96 bits per heavy atom. The molecule has 0 saturated heterocycles. The fourth-order valence-electron chi connectivity index (χ4n) is 3.03. The standard InChI is InChI=1S/C21H21N3OS/c1-2-3-6-11-24-17-7-4-5-8-19(17)26-20-13-15(9-10-18(20)24)12-16(14-22)21(23)25/h4-5,7-10,12-13H,2-3,6,11H2,1H3,(H2,23,25)/b16-12+. The van der Waals surface area contributed by atoms with E-state index in [0.717, 1.165) is 23.4 Å². The number of carbonyl (C=O) groups excluding carboxylic acids is 1. The van der Waals surface area contributed by atoms with Crippen LogP contribution in [0.5, 0.6) is 0 Å². The average molecular weight is 363 g/mol. The highest BCUT2D eigenvalue weighted by atomic mass is 32.2. The van der Waals surface area contributed by atoms with Crippen molar-refractivity contribution in [3.8, 4) is 6.07 Å². The van der Waals surface area contributed by atoms with Crippen LogP contribution >= 0.6 is 11.8 Å². The zero-order chi connectivity index (χ0) is 18.5. The van der Waals surface area contributed by atoms with E-state index in [4.69, 9.17) is 11.0 Å². The molecule has 0 spiro atoms. The number of para-hydroxylation sites is 1. The van der Waals surface area contributed by atoms with Crippen LogP contribution in [0.1, 0.15) is 31.7 Å². The number of nitrogens with zero attached hydrogens (tertiary/aromatic N) is 2. The fraction of sp³-hybridized carbons (Fsp3) is 0.238. The van der Waals surface area contributed by atoms with Crippen LogP contribution in [-0.4, -0.2) is 12.5 Å². The van der Waals surface area contributed by atoms with E-state index in [0.29, 0.717) is 0 Å². The van der Waals surface area contributed by atoms with Crippen LogP contribution in [0, 0.1) is 11.3 Å². The van der Waals surface area contributed by atoms with Crippen molar-refractivity contribution in [2.45, 2.75) is 36.0 Å². The molecule has 2 aromatic carbocycles. The number of rotatable bonds is 6. The summed E-state index contributed by atoms with van der Waals surface area (Å²) >= 11 is 1.71. The molecule has 0 saturated carbocycles. The van der Waals surface area contributed by atoms with Crippen molar-refractivity contribution in [3.63, 3.8) is 0 Å². The molecule has 2 aromatic rings. The molecule has 0 radical (unpaired) electrons. The van der Waals surface area contributed by atoms with Gasteiger partial charge in [-0.2, -0.15) is 5.26 Å². The molecule has 0 fully saturated rings. The Morgan fingerprint density at radius 3 is 2.69 bits per heavy atom. The first kappa shape index (κ1) is 18.1. The quantitative estimate of drug-likeness (QED) is 0.451. The Labute approximate surface area is 158 Å². The molecule has 0 aliphatic carbocycles. The topological polar surface area (TPSA) is 70.1 Å². The first-order chi connectivity index (χ1) is 12.6. The lowest BCUT2D eigenvalue weighted by Crippen LogP contribution is -2.22. The van der Waals surface area contributed by atoms with Gasteiger partial charge in [-0.25, -0.2) is 0 Å². The van der Waals surface area contributed by atoms with Crippen molar-refractivity contribution in [2.75, 3.05) is 11.4 Å². The van der Waals surface area contributed by atoms with Crippen LogP contribution in [-0.2, 0) is 4.79 Å². The lowest BCUT2D eigenvalue weighted by molar-refractivity contribution is -0.114. The molecular formula is C21H21N3OS. The molecule has 1 aliphatic rings. The Morgan fingerprint density at radius 1 is 1.19 bits per heavy atom. The molecular weight excluding hydrogens is 342 g/mol. The zero-order valence-corrected chi connectivity index (χ0v) is 15.6. The summed E-state index contributed by atoms with van der Waals surface area (Å²) in [4.78, 5) is 16.0. The van der Waals surface area contributed by atoms with Crippen LogP contribution in [0.2, 0.25) is 0 Å². The van der Waals surface area contributed by atoms with Gasteiger partial charge in [-0.15, -0.1) is 0 Å². The van der Waals surface area contributed by atoms with Gasteiger partial charge in [-0.3, -0.25) is 4.79 Å². The summed E-state index contributed by atoms with van der Waals surface area (Å²) in [7, 11) is 0. The van der Waals surface area contributed by atoms with Crippen LogP contribution in [0.25, 0.3) is 6.08 Å². The number of nitrogens with two attached hydrogens (primary N) is 1. The molecule has 2 N–H and O–H groups in total. The lowest BCUT2D eigenvalue weighted by Gasteiger charge is -2.33. The Bertz CT molecular complexity index is 898. The minimum Gasteiger partial charge on any atom is -0.365 e. The first-order valence-corrected chi connectivity index (χ1v) is 9.55. The van der Waals surface area contributed by atoms with E-state index in [1.807, 2.05) is 24.3 Å². The molecule has 4 nitrogen and oxygen atoms in total. The van der Waals surface area contributed by atoms with E-state index in [1.165, 1.54) is 29.1 Å². The first-order valence-electron chi connectivity index (χ1n) is 8.74. The number of nitriles is 1. The number of unbranched alkanes of at least 4 members (excludes halogenated alkanes) is 2. The minimum absolute atomic E-state index is 0.0361. The summed E-state index contributed by atoms with van der Waals surface area (Å²) < 4.78 is 0. The number of carbonyl (C=O) groups is 1. The van der Waals surface area contributed by atoms with Crippen molar-refractivity contribution in [2.24, 2.45) is 5.73 Å². The van der Waals surface area contributed by atoms with Crippen molar-refractivity contribution in [1.82, 2.24) is 0 Å². The molecule has 132 valence electrons. The van der Waals surface area contributed by atoms with Crippen molar-refractivity contribution in [1.29, 1.82) is 5.26 Å². The van der Waals surface area contributed by atoms with Gasteiger partial charge in [-0.05, 0) is 42.3 Å². The fourth-order valence-corrected chi connectivity index (χ4v) is 4.17. The molecule has 26 heavy (non-hydrogen) atoms. The maximum Gasteiger partial charge on any atom is 0.259 e. The van der Waals surface area contributed by atoms with Gasteiger partial charge in [0.15, 0.2) is 0 Å². The number of hydrogen-bond donors (Lipinski definition) is 1. The van der Waals surface area contributed by atoms with E-state index in [1.54, 1.807) is 17.8 Å². The van der Waals surface area contributed by atoms with Gasteiger partial charge >= 0.3 is 0 Å². The monoisotopic (exact) mass is 363 g/mol. The SMILES string of the molecule is CCCCCN1c2ccccc2Sc2cc(/C=C(\C#N)C(N)=O)ccc21. The highest BCUT2D eigenvalue weighted by Gasteiger charge is 2.23. The van der Waals surface area contributed by atoms with E-state index in [-0.39, 0.29) is 5.57 Å². The number of anilines is 2. The minimum atomic E-state index is -0.704. The number of fused-ring (bicyclic) bond motifs is 2. The second-order valence-electron chi connectivity index (χ2n) is 6.19. The third-order valence-electron chi connectivity index (χ3n) is 4.33. The van der Waals surface area contributed by atoms with Gasteiger partial charge < -0.3 is 10.6 Å². The Hall–Kier alpha value is -2.71. The summed E-state index contributed by atoms with van der Waals surface area (Å²) in [6.07, 6.45) is 5.07. The largest absolute Gasteiger partial charge is 0.365 e. The third-order valence-corrected chi connectivity index (χ3v) is 5.44. The molecule has 0 bridgehead atoms. The molecule has 0 aromatic heterocycles. The molecule has 1 aliphatic heterocycles. The summed E-state index contributed by atoms with van der Waals surface area (Å²) in [6, 6.07) is 16.3. The van der Waals surface area contributed by atoms with Crippen molar-refractivity contribution in [3.05, 3.63) is 53.6 Å². The van der Waals surface area contributed by atoms with Crippen LogP contribution in [0.3, 0.4) is 0 Å². The van der Waals surface area contributed by atoms with Crippen molar-refractivity contribution < 1.29 is 4.79 Å². The second-order valence-corrected chi connectivity index (χ2v) is 7.27. The van der Waals surface area contributed by atoms with Gasteiger partial charge in [0.1, 0.15) is 11.6 Å². The molecule has 3 rings (SSSR count). The highest BCUT2D eigenvalue weighted by molar-refractivity contribution is 7.99. The van der Waals surface area contributed by atoms with Gasteiger partial charge in [0.05, 0.1) is 11.4 Å². The zero-order valence-electron chi connectivity index (χ0n) is 14.7. The predicted molar refractivity (Wildman–Crippen MR) is 106 cm³/mol. The number of amides is 1. The maximum atomic E-state index is 11.3. The highest BCUT2D eigenvalue weighted by Crippen LogP contribution is 2.48. The van der Waals surface area contributed by atoms with Crippen LogP contribution < -0.4 is 10.6 Å². The van der Waals surface area contributed by atoms with Gasteiger partial charge in [-0.1, -0.05) is 49.7 Å². The molecule has 5 heteroatoms. The predicted octanol–water partition coefficient (Wildman–Crippen LogP) is 4.87. The van der Waals surface area contributed by atoms with Gasteiger partial charge in [0.25, 0.3) is 5.91 Å². The lowest BCUT2D eigenvalue weighted by atomic mass is 10.1. The van der Waals surface area contributed by atoms with Gasteiger partial charge in [0, 0.05) is 16.3 Å². The maximum absolute atomic E-state index is 11.3. The molecule has 0 unspecified atom stereocenters. The number of primary amides is 1. The normalized spacial score (nSPS) is 12.9. The van der Waals surface area contributed by atoms with E-state index >= 15 is 0 Å². The number of benzene rings is 2. The third kappa shape index (κ3) is 3.76. The second kappa shape index (κ2) is 8.11. The number of hydrogen-bond acceptors (Lipinski definition) is 4. The van der Waals surface area contributed by atoms with Crippen LogP contribution in [0.15, 0.2) is 57.8 Å². The molecule has 0 atom stereocenters. The Balaban J connectivity index is 1.99. The van der Waals surface area contributed by atoms with E-state index in [2.05, 4.69) is 36.1 Å². The van der Waals surface area contributed by atoms with Gasteiger partial charge in [0.2, 0.25) is 0 Å². The molecule has 1 amide bonds. The summed E-state index contributed by atoms with van der Waals surface area (Å²) in [5.41, 5.74) is 8.41. The summed E-state index contributed by atoms with van der Waals surface area (Å²) in [5, 5.41) is 9.06. The summed E-state index contributed by atoms with van der Waals surface area (Å²) in [5.74, 6) is -0.704. The smallest absolute Gasteiger partial charge is 0.259 e. The van der Waals surface area contributed by atoms with Crippen molar-refractivity contribution >= 4 is 35.1 Å². The van der Waals surface area contributed by atoms with E-state index < -0.39 is 5.91 Å². The average Bonchev–Trinajstić information content (AvgIpc) is 2.65. The Kier molecular flexibility index (Phi) is 5.65.